The summed E-state index contributed by atoms with van der Waals surface area (Å²) < 4.78 is 11.4. The van der Waals surface area contributed by atoms with Gasteiger partial charge in [-0.2, -0.15) is 4.98 Å². The van der Waals surface area contributed by atoms with Gasteiger partial charge in [-0.15, -0.1) is 0 Å². The molecule has 0 spiro atoms. The topological polar surface area (TPSA) is 68.5 Å². The maximum absolute atomic E-state index is 13.3. The van der Waals surface area contributed by atoms with Gasteiger partial charge in [-0.05, 0) is 62.5 Å². The van der Waals surface area contributed by atoms with Crippen LogP contribution < -0.4 is 4.74 Å². The Hall–Kier alpha value is -2.37. The van der Waals surface area contributed by atoms with Crippen LogP contribution in [0.3, 0.4) is 0 Å². The molecule has 3 fully saturated rings. The van der Waals surface area contributed by atoms with Crippen molar-refractivity contribution in [3.63, 3.8) is 0 Å². The Bertz CT molecular complexity index is 815. The van der Waals surface area contributed by atoms with Crippen LogP contribution in [0.25, 0.3) is 0 Å². The number of carbonyl (C=O) groups excluding carboxylic acids is 1. The van der Waals surface area contributed by atoms with Gasteiger partial charge in [0.2, 0.25) is 17.6 Å². The smallest absolute Gasteiger partial charge is 0.230 e. The summed E-state index contributed by atoms with van der Waals surface area (Å²) in [6, 6.07) is 9.63. The lowest BCUT2D eigenvalue weighted by atomic mass is 9.78. The molecule has 2 aliphatic carbocycles. The Balaban J connectivity index is 1.31. The molecule has 1 aromatic heterocycles. The molecule has 1 saturated heterocycles. The van der Waals surface area contributed by atoms with E-state index in [2.05, 4.69) is 15.0 Å². The first-order valence-electron chi connectivity index (χ1n) is 10.6. The normalized spacial score (nSPS) is 29.2. The van der Waals surface area contributed by atoms with Crippen molar-refractivity contribution in [2.24, 2.45) is 17.8 Å². The summed E-state index contributed by atoms with van der Waals surface area (Å²) in [5.74, 6) is 3.34. The van der Waals surface area contributed by atoms with Gasteiger partial charge in [0.25, 0.3) is 0 Å². The second-order valence-corrected chi connectivity index (χ2v) is 8.42. The van der Waals surface area contributed by atoms with Crippen LogP contribution in [0.4, 0.5) is 0 Å². The summed E-state index contributed by atoms with van der Waals surface area (Å²) in [4.78, 5) is 20.0. The number of fused-ring (bicyclic) bond motifs is 2. The summed E-state index contributed by atoms with van der Waals surface area (Å²) in [6.07, 6.45) is 6.92. The first-order chi connectivity index (χ1) is 13.8. The molecule has 28 heavy (non-hydrogen) atoms. The van der Waals surface area contributed by atoms with Gasteiger partial charge in [-0.1, -0.05) is 23.4 Å². The van der Waals surface area contributed by atoms with Crippen LogP contribution in [0.1, 0.15) is 56.2 Å². The molecule has 0 radical (unpaired) electrons. The number of hydrogen-bond acceptors (Lipinski definition) is 5. The monoisotopic (exact) mass is 381 g/mol. The van der Waals surface area contributed by atoms with Crippen molar-refractivity contribution in [2.45, 2.75) is 51.0 Å². The van der Waals surface area contributed by atoms with Gasteiger partial charge in [0.1, 0.15) is 5.75 Å². The van der Waals surface area contributed by atoms with Gasteiger partial charge in [0.15, 0.2) is 6.61 Å². The van der Waals surface area contributed by atoms with Gasteiger partial charge in [0, 0.05) is 13.1 Å². The van der Waals surface area contributed by atoms with Crippen molar-refractivity contribution in [3.8, 4) is 5.75 Å². The number of rotatable bonds is 5. The van der Waals surface area contributed by atoms with Gasteiger partial charge in [0.05, 0.1) is 11.8 Å². The van der Waals surface area contributed by atoms with Crippen molar-refractivity contribution in [1.82, 2.24) is 15.0 Å². The zero-order valence-corrected chi connectivity index (χ0v) is 16.1. The minimum Gasteiger partial charge on any atom is -0.485 e. The van der Waals surface area contributed by atoms with E-state index in [0.29, 0.717) is 29.5 Å². The van der Waals surface area contributed by atoms with Crippen LogP contribution >= 0.6 is 0 Å². The third kappa shape index (κ3) is 3.29. The molecule has 148 valence electrons. The Morgan fingerprint density at radius 3 is 2.71 bits per heavy atom. The first-order valence-corrected chi connectivity index (χ1v) is 10.6. The van der Waals surface area contributed by atoms with Gasteiger partial charge < -0.3 is 14.2 Å². The highest BCUT2D eigenvalue weighted by Gasteiger charge is 2.54. The quantitative estimate of drug-likeness (QED) is 0.788. The molecule has 4 atom stereocenters. The molecule has 2 aromatic rings. The van der Waals surface area contributed by atoms with Crippen LogP contribution in [0.15, 0.2) is 34.9 Å². The number of amides is 1. The molecule has 2 bridgehead atoms. The van der Waals surface area contributed by atoms with E-state index in [-0.39, 0.29) is 18.4 Å². The fourth-order valence-electron chi connectivity index (χ4n) is 5.45. The maximum Gasteiger partial charge on any atom is 0.230 e. The standard InChI is InChI=1S/C22H27N3O3/c26-22(25-11-5-2-6-12-25)20-16-10-9-15(13-16)19(20)21-23-18(24-28-21)14-27-17-7-3-1-4-8-17/h1,3-4,7-8,15-16,19-20H,2,5-6,9-14H2/t15-,16+,19+,20+/m1/s1. The van der Waals surface area contributed by atoms with E-state index in [1.54, 1.807) is 0 Å². The number of likely N-dealkylation sites (tertiary alicyclic amines) is 1. The molecule has 0 unspecified atom stereocenters. The SMILES string of the molecule is O=C([C@H]1[C@H]2CC[C@H](C2)[C@@H]1c1nc(COc2ccccc2)no1)N1CCCCC1. The highest BCUT2D eigenvalue weighted by atomic mass is 16.5. The van der Waals surface area contributed by atoms with E-state index < -0.39 is 0 Å². The average molecular weight is 381 g/mol. The van der Waals surface area contributed by atoms with Crippen molar-refractivity contribution >= 4 is 5.91 Å². The lowest BCUT2D eigenvalue weighted by Crippen LogP contribution is -2.43. The molecular weight excluding hydrogens is 354 g/mol. The van der Waals surface area contributed by atoms with Crippen molar-refractivity contribution in [3.05, 3.63) is 42.0 Å². The Morgan fingerprint density at radius 1 is 1.11 bits per heavy atom. The lowest BCUT2D eigenvalue weighted by molar-refractivity contribution is -0.139. The molecule has 6 heteroatoms. The molecule has 6 nitrogen and oxygen atoms in total. The Morgan fingerprint density at radius 2 is 1.89 bits per heavy atom. The highest BCUT2D eigenvalue weighted by molar-refractivity contribution is 5.81. The third-order valence-electron chi connectivity index (χ3n) is 6.75. The predicted octanol–water partition coefficient (Wildman–Crippen LogP) is 3.79. The molecule has 2 heterocycles. The fourth-order valence-corrected chi connectivity index (χ4v) is 5.45. The second kappa shape index (κ2) is 7.57. The number of nitrogens with zero attached hydrogens (tertiary/aromatic N) is 3. The van der Waals surface area contributed by atoms with Crippen molar-refractivity contribution in [2.75, 3.05) is 13.1 Å². The predicted molar refractivity (Wildman–Crippen MR) is 103 cm³/mol. The minimum absolute atomic E-state index is 0.0141. The number of benzene rings is 1. The largest absolute Gasteiger partial charge is 0.485 e. The van der Waals surface area contributed by atoms with E-state index >= 15 is 0 Å². The average Bonchev–Trinajstić information content (AvgIpc) is 3.49. The van der Waals surface area contributed by atoms with Gasteiger partial charge in [-0.3, -0.25) is 4.79 Å². The van der Waals surface area contributed by atoms with E-state index in [1.807, 2.05) is 30.3 Å². The van der Waals surface area contributed by atoms with Crippen LogP contribution in [0, 0.1) is 17.8 Å². The zero-order valence-electron chi connectivity index (χ0n) is 16.1. The summed E-state index contributed by atoms with van der Waals surface area (Å²) in [5.41, 5.74) is 0. The number of ether oxygens (including phenoxy) is 1. The van der Waals surface area contributed by atoms with Crippen LogP contribution in [0.2, 0.25) is 0 Å². The van der Waals surface area contributed by atoms with Crippen LogP contribution in [-0.4, -0.2) is 34.0 Å². The number of piperidine rings is 1. The van der Waals surface area contributed by atoms with Gasteiger partial charge in [-0.25, -0.2) is 0 Å². The van der Waals surface area contributed by atoms with Crippen LogP contribution in [-0.2, 0) is 11.4 Å². The molecule has 3 aliphatic rings. The van der Waals surface area contributed by atoms with Crippen molar-refractivity contribution in [1.29, 1.82) is 0 Å². The van der Waals surface area contributed by atoms with Crippen LogP contribution in [0.5, 0.6) is 5.75 Å². The highest BCUT2D eigenvalue weighted by Crippen LogP contribution is 2.56. The minimum atomic E-state index is 0.0141. The summed E-state index contributed by atoms with van der Waals surface area (Å²) in [7, 11) is 0. The lowest BCUT2D eigenvalue weighted by Gasteiger charge is -2.34. The third-order valence-corrected chi connectivity index (χ3v) is 6.75. The maximum atomic E-state index is 13.3. The molecule has 0 N–H and O–H groups in total. The zero-order chi connectivity index (χ0) is 18.9. The second-order valence-electron chi connectivity index (χ2n) is 8.42. The van der Waals surface area contributed by atoms with E-state index in [0.717, 1.165) is 50.9 Å². The number of hydrogen-bond donors (Lipinski definition) is 0. The molecule has 1 aliphatic heterocycles. The Labute approximate surface area is 165 Å². The Kier molecular flexibility index (Phi) is 4.79. The molecule has 1 amide bonds. The molecule has 5 rings (SSSR count). The number of para-hydroxylation sites is 1. The molecule has 1 aromatic carbocycles. The summed E-state index contributed by atoms with van der Waals surface area (Å²) in [5, 5.41) is 4.13. The summed E-state index contributed by atoms with van der Waals surface area (Å²) >= 11 is 0. The number of aromatic nitrogens is 2. The van der Waals surface area contributed by atoms with E-state index in [9.17, 15) is 4.79 Å². The van der Waals surface area contributed by atoms with E-state index in [4.69, 9.17) is 9.26 Å². The van der Waals surface area contributed by atoms with E-state index in [1.165, 1.54) is 6.42 Å². The number of carbonyl (C=O) groups is 1. The molecular formula is C22H27N3O3. The summed E-state index contributed by atoms with van der Waals surface area (Å²) in [6.45, 7) is 2.08. The van der Waals surface area contributed by atoms with Crippen molar-refractivity contribution < 1.29 is 14.1 Å². The first kappa shape index (κ1) is 17.7. The fraction of sp³-hybridized carbons (Fsp3) is 0.591. The molecule has 2 saturated carbocycles. The van der Waals surface area contributed by atoms with Gasteiger partial charge >= 0.3 is 0 Å².